The number of fused-ring (bicyclic) bond motifs is 3. The van der Waals surface area contributed by atoms with Crippen LogP contribution in [-0.4, -0.2) is 25.8 Å². The molecular formula is C19H20O4. The number of hydrogen-bond donors (Lipinski definition) is 0. The molecule has 0 unspecified atom stereocenters. The van der Waals surface area contributed by atoms with Gasteiger partial charge in [-0.15, -0.1) is 0 Å². The van der Waals surface area contributed by atoms with Gasteiger partial charge in [-0.05, 0) is 55.2 Å². The number of Topliss-reactive ketones (excluding diaryl/α,β-unsaturated/α-hetero) is 1. The van der Waals surface area contributed by atoms with Gasteiger partial charge in [-0.25, -0.2) is 0 Å². The summed E-state index contributed by atoms with van der Waals surface area (Å²) in [7, 11) is 3.17. The molecule has 0 spiro atoms. The van der Waals surface area contributed by atoms with Crippen molar-refractivity contribution in [2.75, 3.05) is 14.2 Å². The van der Waals surface area contributed by atoms with Crippen LogP contribution in [0.3, 0.4) is 0 Å². The van der Waals surface area contributed by atoms with Gasteiger partial charge < -0.3 is 9.47 Å². The molecule has 2 atom stereocenters. The van der Waals surface area contributed by atoms with Crippen molar-refractivity contribution in [1.82, 2.24) is 0 Å². The maximum absolute atomic E-state index is 12.5. The van der Waals surface area contributed by atoms with Crippen molar-refractivity contribution in [1.29, 1.82) is 0 Å². The summed E-state index contributed by atoms with van der Waals surface area (Å²) in [6.45, 7) is 5.44. The molecule has 120 valence electrons. The Labute approximate surface area is 135 Å². The summed E-state index contributed by atoms with van der Waals surface area (Å²) >= 11 is 0. The van der Waals surface area contributed by atoms with E-state index in [9.17, 15) is 9.59 Å². The molecule has 23 heavy (non-hydrogen) atoms. The standard InChI is InChI=1S/C19H20O4/c1-9-8-13(21)16(11(3)20)18-15(9)10(2)12-6-7-14(22-4)19(23-5)17(12)18/h6-8,16,18H,1-5H3/t16-,18-/m1/s1. The highest BCUT2D eigenvalue weighted by Crippen LogP contribution is 2.55. The van der Waals surface area contributed by atoms with Gasteiger partial charge in [0.2, 0.25) is 0 Å². The Hall–Kier alpha value is -2.36. The molecule has 0 N–H and O–H groups in total. The molecule has 0 radical (unpaired) electrons. The van der Waals surface area contributed by atoms with Gasteiger partial charge in [0.1, 0.15) is 5.78 Å². The van der Waals surface area contributed by atoms with Crippen LogP contribution in [0.2, 0.25) is 0 Å². The molecule has 0 bridgehead atoms. The van der Waals surface area contributed by atoms with Crippen molar-refractivity contribution in [3.63, 3.8) is 0 Å². The van der Waals surface area contributed by atoms with E-state index in [1.165, 1.54) is 6.92 Å². The highest BCUT2D eigenvalue weighted by atomic mass is 16.5. The number of carbonyl (C=O) groups is 2. The molecule has 4 heteroatoms. The monoisotopic (exact) mass is 312 g/mol. The van der Waals surface area contributed by atoms with Crippen LogP contribution in [0.1, 0.15) is 37.8 Å². The number of rotatable bonds is 3. The number of allylic oxidation sites excluding steroid dienone is 4. The van der Waals surface area contributed by atoms with Crippen molar-refractivity contribution < 1.29 is 19.1 Å². The summed E-state index contributed by atoms with van der Waals surface area (Å²) in [5.41, 5.74) is 4.99. The van der Waals surface area contributed by atoms with E-state index < -0.39 is 5.92 Å². The Kier molecular flexibility index (Phi) is 3.63. The first-order valence-electron chi connectivity index (χ1n) is 7.61. The summed E-state index contributed by atoms with van der Waals surface area (Å²) in [5.74, 6) is -0.00245. The highest BCUT2D eigenvalue weighted by molar-refractivity contribution is 6.11. The second-order valence-corrected chi connectivity index (χ2v) is 6.10. The van der Waals surface area contributed by atoms with Crippen LogP contribution in [0.4, 0.5) is 0 Å². The maximum Gasteiger partial charge on any atom is 0.167 e. The van der Waals surface area contributed by atoms with E-state index in [1.807, 2.05) is 26.0 Å². The molecule has 0 aromatic heterocycles. The fourth-order valence-electron chi connectivity index (χ4n) is 3.96. The Morgan fingerprint density at radius 2 is 1.83 bits per heavy atom. The van der Waals surface area contributed by atoms with Gasteiger partial charge in [0.25, 0.3) is 0 Å². The predicted molar refractivity (Wildman–Crippen MR) is 87.8 cm³/mol. The largest absolute Gasteiger partial charge is 0.493 e. The molecule has 0 aliphatic heterocycles. The van der Waals surface area contributed by atoms with Crippen molar-refractivity contribution in [3.05, 3.63) is 40.5 Å². The summed E-state index contributed by atoms with van der Waals surface area (Å²) in [5, 5.41) is 0. The second-order valence-electron chi connectivity index (χ2n) is 6.10. The molecule has 2 aliphatic carbocycles. The van der Waals surface area contributed by atoms with E-state index >= 15 is 0 Å². The third-order valence-corrected chi connectivity index (χ3v) is 4.88. The predicted octanol–water partition coefficient (Wildman–Crippen LogP) is 3.31. The fraction of sp³-hybridized carbons (Fsp3) is 0.368. The first-order valence-corrected chi connectivity index (χ1v) is 7.61. The summed E-state index contributed by atoms with van der Waals surface area (Å²) in [4.78, 5) is 24.7. The van der Waals surface area contributed by atoms with E-state index in [4.69, 9.17) is 9.47 Å². The third-order valence-electron chi connectivity index (χ3n) is 4.88. The normalized spacial score (nSPS) is 22.5. The summed E-state index contributed by atoms with van der Waals surface area (Å²) in [6.07, 6.45) is 1.59. The molecule has 0 heterocycles. The molecule has 3 rings (SSSR count). The molecule has 4 nitrogen and oxygen atoms in total. The van der Waals surface area contributed by atoms with E-state index in [-0.39, 0.29) is 17.5 Å². The van der Waals surface area contributed by atoms with Gasteiger partial charge >= 0.3 is 0 Å². The van der Waals surface area contributed by atoms with Crippen LogP contribution in [-0.2, 0) is 9.59 Å². The van der Waals surface area contributed by atoms with E-state index in [0.29, 0.717) is 11.5 Å². The Balaban J connectivity index is 2.34. The topological polar surface area (TPSA) is 52.6 Å². The minimum atomic E-state index is -0.689. The van der Waals surface area contributed by atoms with Crippen LogP contribution in [0.25, 0.3) is 5.57 Å². The zero-order valence-electron chi connectivity index (χ0n) is 14.0. The quantitative estimate of drug-likeness (QED) is 0.804. The Bertz CT molecular complexity index is 783. The van der Waals surface area contributed by atoms with Gasteiger partial charge in [-0.1, -0.05) is 6.07 Å². The lowest BCUT2D eigenvalue weighted by atomic mass is 9.72. The highest BCUT2D eigenvalue weighted by Gasteiger charge is 2.45. The SMILES string of the molecule is COc1ccc2c(c1OC)[C@@H]1C(=C2C)C(C)=CC(=O)[C@H]1C(C)=O. The molecule has 1 aromatic rings. The second kappa shape index (κ2) is 5.37. The van der Waals surface area contributed by atoms with Crippen LogP contribution < -0.4 is 9.47 Å². The lowest BCUT2D eigenvalue weighted by molar-refractivity contribution is -0.129. The van der Waals surface area contributed by atoms with E-state index in [1.54, 1.807) is 20.3 Å². The molecule has 2 aliphatic rings. The molecule has 1 aromatic carbocycles. The summed E-state index contributed by atoms with van der Waals surface area (Å²) in [6, 6.07) is 3.84. The Morgan fingerprint density at radius 3 is 2.39 bits per heavy atom. The zero-order valence-corrected chi connectivity index (χ0v) is 14.0. The number of carbonyl (C=O) groups excluding carboxylic acids is 2. The van der Waals surface area contributed by atoms with Crippen molar-refractivity contribution >= 4 is 17.1 Å². The molecule has 0 saturated heterocycles. The lowest BCUT2D eigenvalue weighted by Gasteiger charge is -2.29. The zero-order chi connectivity index (χ0) is 16.9. The van der Waals surface area contributed by atoms with Gasteiger partial charge in [0.15, 0.2) is 17.3 Å². The van der Waals surface area contributed by atoms with Gasteiger partial charge in [-0.2, -0.15) is 0 Å². The van der Waals surface area contributed by atoms with Gasteiger partial charge in [0, 0.05) is 11.5 Å². The first-order chi connectivity index (χ1) is 10.9. The first kappa shape index (κ1) is 15.5. The van der Waals surface area contributed by atoms with Crippen LogP contribution in [0, 0.1) is 5.92 Å². The number of benzene rings is 1. The lowest BCUT2D eigenvalue weighted by Crippen LogP contribution is -2.31. The number of methoxy groups -OCH3 is 2. The maximum atomic E-state index is 12.5. The van der Waals surface area contributed by atoms with Crippen LogP contribution >= 0.6 is 0 Å². The minimum absolute atomic E-state index is 0.119. The van der Waals surface area contributed by atoms with E-state index in [2.05, 4.69) is 0 Å². The molecule has 0 fully saturated rings. The smallest absolute Gasteiger partial charge is 0.167 e. The Morgan fingerprint density at radius 1 is 1.13 bits per heavy atom. The van der Waals surface area contributed by atoms with Gasteiger partial charge in [0.05, 0.1) is 20.1 Å². The molecule has 0 saturated carbocycles. The van der Waals surface area contributed by atoms with Crippen LogP contribution in [0.15, 0.2) is 29.4 Å². The minimum Gasteiger partial charge on any atom is -0.493 e. The van der Waals surface area contributed by atoms with Crippen molar-refractivity contribution in [2.45, 2.75) is 26.7 Å². The van der Waals surface area contributed by atoms with Gasteiger partial charge in [-0.3, -0.25) is 9.59 Å². The molecular weight excluding hydrogens is 292 g/mol. The van der Waals surface area contributed by atoms with E-state index in [0.717, 1.165) is 27.8 Å². The summed E-state index contributed by atoms with van der Waals surface area (Å²) < 4.78 is 11.0. The number of hydrogen-bond acceptors (Lipinski definition) is 4. The molecule has 0 amide bonds. The average molecular weight is 312 g/mol. The van der Waals surface area contributed by atoms with Crippen molar-refractivity contribution in [3.8, 4) is 11.5 Å². The number of ether oxygens (including phenoxy) is 2. The average Bonchev–Trinajstić information content (AvgIpc) is 2.79. The number of ketones is 2. The fourth-order valence-corrected chi connectivity index (χ4v) is 3.96. The van der Waals surface area contributed by atoms with Crippen LogP contribution in [0.5, 0.6) is 11.5 Å². The van der Waals surface area contributed by atoms with Crippen molar-refractivity contribution in [2.24, 2.45) is 5.92 Å². The third kappa shape index (κ3) is 2.05.